The van der Waals surface area contributed by atoms with Gasteiger partial charge in [0.1, 0.15) is 16.9 Å². The highest BCUT2D eigenvalue weighted by Crippen LogP contribution is 2.37. The molecule has 0 bridgehead atoms. The maximum atomic E-state index is 12.9. The first-order chi connectivity index (χ1) is 8.56. The maximum absolute atomic E-state index is 12.9. The van der Waals surface area contributed by atoms with E-state index in [-0.39, 0.29) is 23.8 Å². The van der Waals surface area contributed by atoms with Crippen LogP contribution in [0.4, 0.5) is 8.78 Å². The number of hydrogen-bond donors (Lipinski definition) is 0. The molecule has 0 fully saturated rings. The number of carbonyl (C=O) groups excluding carboxylic acids is 1. The van der Waals surface area contributed by atoms with Crippen LogP contribution in [0.15, 0.2) is 6.20 Å². The van der Waals surface area contributed by atoms with Gasteiger partial charge in [-0.05, 0) is 6.92 Å². The van der Waals surface area contributed by atoms with Crippen molar-refractivity contribution in [2.24, 2.45) is 0 Å². The van der Waals surface area contributed by atoms with Crippen LogP contribution < -0.4 is 9.47 Å². The predicted octanol–water partition coefficient (Wildman–Crippen LogP) is 2.21. The largest absolute Gasteiger partial charge is 0.495 e. The average molecular weight is 261 g/mol. The highest BCUT2D eigenvalue weighted by Gasteiger charge is 2.27. The smallest absolute Gasteiger partial charge is 0.343 e. The molecule has 100 valence electrons. The number of pyridine rings is 1. The molecular weight excluding hydrogens is 248 g/mol. The fraction of sp³-hybridized carbons (Fsp3) is 0.455. The van der Waals surface area contributed by atoms with Gasteiger partial charge in [0.25, 0.3) is 6.43 Å². The van der Waals surface area contributed by atoms with Gasteiger partial charge >= 0.3 is 5.97 Å². The lowest BCUT2D eigenvalue weighted by Gasteiger charge is -2.14. The van der Waals surface area contributed by atoms with E-state index in [4.69, 9.17) is 14.2 Å². The van der Waals surface area contributed by atoms with Crippen LogP contribution in [0.2, 0.25) is 0 Å². The van der Waals surface area contributed by atoms with Crippen LogP contribution >= 0.6 is 0 Å². The Balaban J connectivity index is 3.37. The molecule has 0 saturated heterocycles. The molecule has 0 aromatic carbocycles. The number of ether oxygens (including phenoxy) is 3. The molecule has 18 heavy (non-hydrogen) atoms. The summed E-state index contributed by atoms with van der Waals surface area (Å²) in [5.41, 5.74) is -0.721. The summed E-state index contributed by atoms with van der Waals surface area (Å²) in [5.74, 6) is -1.34. The first-order valence-corrected chi connectivity index (χ1v) is 5.12. The Bertz CT molecular complexity index is 437. The van der Waals surface area contributed by atoms with Gasteiger partial charge in [-0.25, -0.2) is 18.6 Å². The van der Waals surface area contributed by atoms with Crippen molar-refractivity contribution in [2.75, 3.05) is 20.8 Å². The van der Waals surface area contributed by atoms with E-state index < -0.39 is 18.0 Å². The highest BCUT2D eigenvalue weighted by atomic mass is 19.3. The predicted molar refractivity (Wildman–Crippen MR) is 58.3 cm³/mol. The lowest BCUT2D eigenvalue weighted by molar-refractivity contribution is 0.0521. The van der Waals surface area contributed by atoms with Gasteiger partial charge in [-0.2, -0.15) is 0 Å². The molecule has 0 spiro atoms. The van der Waals surface area contributed by atoms with Gasteiger partial charge in [0, 0.05) is 6.20 Å². The first-order valence-electron chi connectivity index (χ1n) is 5.12. The van der Waals surface area contributed by atoms with Gasteiger partial charge in [-0.1, -0.05) is 0 Å². The van der Waals surface area contributed by atoms with Crippen molar-refractivity contribution in [3.05, 3.63) is 17.3 Å². The Labute approximate surface area is 103 Å². The molecule has 0 unspecified atom stereocenters. The van der Waals surface area contributed by atoms with Gasteiger partial charge in [0.2, 0.25) is 5.88 Å². The second kappa shape index (κ2) is 6.13. The SMILES string of the molecule is CCOC(=O)c1cnc(OC)c(C(F)F)c1OC. The molecule has 0 aliphatic carbocycles. The van der Waals surface area contributed by atoms with Gasteiger partial charge in [0.15, 0.2) is 0 Å². The monoisotopic (exact) mass is 261 g/mol. The molecule has 1 aromatic rings. The highest BCUT2D eigenvalue weighted by molar-refractivity contribution is 5.93. The molecule has 0 N–H and O–H groups in total. The van der Waals surface area contributed by atoms with Crippen LogP contribution in [0.3, 0.4) is 0 Å². The maximum Gasteiger partial charge on any atom is 0.343 e. The Kier molecular flexibility index (Phi) is 4.82. The topological polar surface area (TPSA) is 57.7 Å². The third-order valence-electron chi connectivity index (χ3n) is 2.14. The van der Waals surface area contributed by atoms with Crippen LogP contribution in [0.1, 0.15) is 29.3 Å². The summed E-state index contributed by atoms with van der Waals surface area (Å²) in [6, 6.07) is 0. The fourth-order valence-electron chi connectivity index (χ4n) is 1.42. The van der Waals surface area contributed by atoms with E-state index >= 15 is 0 Å². The van der Waals surface area contributed by atoms with E-state index in [1.807, 2.05) is 0 Å². The Hall–Kier alpha value is -1.92. The number of halogens is 2. The molecule has 0 radical (unpaired) electrons. The van der Waals surface area contributed by atoms with Gasteiger partial charge < -0.3 is 14.2 Å². The fourth-order valence-corrected chi connectivity index (χ4v) is 1.42. The van der Waals surface area contributed by atoms with Crippen molar-refractivity contribution in [3.8, 4) is 11.6 Å². The van der Waals surface area contributed by atoms with Crippen LogP contribution in [-0.2, 0) is 4.74 Å². The quantitative estimate of drug-likeness (QED) is 0.760. The molecule has 0 amide bonds. The summed E-state index contributed by atoms with van der Waals surface area (Å²) in [5, 5.41) is 0. The molecule has 1 aromatic heterocycles. The summed E-state index contributed by atoms with van der Waals surface area (Å²) in [6.07, 6.45) is -1.79. The number of alkyl halides is 2. The minimum atomic E-state index is -2.88. The summed E-state index contributed by atoms with van der Waals surface area (Å²) in [7, 11) is 2.39. The van der Waals surface area contributed by atoms with E-state index in [0.29, 0.717) is 0 Å². The number of esters is 1. The molecular formula is C11H13F2NO4. The number of nitrogens with zero attached hydrogens (tertiary/aromatic N) is 1. The number of methoxy groups -OCH3 is 2. The number of carbonyl (C=O) groups is 1. The Morgan fingerprint density at radius 1 is 1.39 bits per heavy atom. The number of aromatic nitrogens is 1. The lowest BCUT2D eigenvalue weighted by Crippen LogP contribution is -2.10. The number of rotatable bonds is 5. The summed E-state index contributed by atoms with van der Waals surface area (Å²) < 4.78 is 40.2. The van der Waals surface area contributed by atoms with Crippen LogP contribution in [0.5, 0.6) is 11.6 Å². The second-order valence-corrected chi connectivity index (χ2v) is 3.15. The molecule has 0 aliphatic heterocycles. The summed E-state index contributed by atoms with van der Waals surface area (Å²) in [4.78, 5) is 15.2. The van der Waals surface area contributed by atoms with E-state index in [2.05, 4.69) is 4.98 Å². The molecule has 0 aliphatic rings. The van der Waals surface area contributed by atoms with E-state index in [1.165, 1.54) is 14.2 Å². The van der Waals surface area contributed by atoms with Crippen molar-refractivity contribution >= 4 is 5.97 Å². The minimum absolute atomic E-state index is 0.123. The van der Waals surface area contributed by atoms with Crippen molar-refractivity contribution in [1.29, 1.82) is 0 Å². The molecule has 1 heterocycles. The van der Waals surface area contributed by atoms with Crippen LogP contribution in [0, 0.1) is 0 Å². The lowest BCUT2D eigenvalue weighted by atomic mass is 10.1. The molecule has 5 nitrogen and oxygen atoms in total. The van der Waals surface area contributed by atoms with Gasteiger partial charge in [-0.3, -0.25) is 0 Å². The zero-order chi connectivity index (χ0) is 13.7. The normalized spacial score (nSPS) is 10.3. The third kappa shape index (κ3) is 2.66. The van der Waals surface area contributed by atoms with Crippen LogP contribution in [0.25, 0.3) is 0 Å². The van der Waals surface area contributed by atoms with E-state index in [0.717, 1.165) is 6.20 Å². The Morgan fingerprint density at radius 3 is 2.50 bits per heavy atom. The number of hydrogen-bond acceptors (Lipinski definition) is 5. The van der Waals surface area contributed by atoms with Crippen molar-refractivity contribution in [3.63, 3.8) is 0 Å². The summed E-state index contributed by atoms with van der Waals surface area (Å²) in [6.45, 7) is 1.73. The molecule has 0 atom stereocenters. The first kappa shape index (κ1) is 14.1. The van der Waals surface area contributed by atoms with Gasteiger partial charge in [0.05, 0.1) is 20.8 Å². The molecule has 7 heteroatoms. The molecule has 1 rings (SSSR count). The third-order valence-corrected chi connectivity index (χ3v) is 2.14. The van der Waals surface area contributed by atoms with Crippen molar-refractivity contribution < 1.29 is 27.8 Å². The van der Waals surface area contributed by atoms with Crippen LogP contribution in [-0.4, -0.2) is 31.8 Å². The standard InChI is InChI=1S/C11H13F2NO4/c1-4-18-11(15)6-5-14-10(17-3)7(9(12)13)8(6)16-2/h5,9H,4H2,1-3H3. The average Bonchev–Trinajstić information content (AvgIpc) is 2.36. The zero-order valence-corrected chi connectivity index (χ0v) is 10.2. The zero-order valence-electron chi connectivity index (χ0n) is 10.2. The summed E-state index contributed by atoms with van der Waals surface area (Å²) >= 11 is 0. The Morgan fingerprint density at radius 2 is 2.06 bits per heavy atom. The minimum Gasteiger partial charge on any atom is -0.495 e. The second-order valence-electron chi connectivity index (χ2n) is 3.15. The van der Waals surface area contributed by atoms with Gasteiger partial charge in [-0.15, -0.1) is 0 Å². The molecule has 0 saturated carbocycles. The van der Waals surface area contributed by atoms with E-state index in [1.54, 1.807) is 6.92 Å². The van der Waals surface area contributed by atoms with E-state index in [9.17, 15) is 13.6 Å². The van der Waals surface area contributed by atoms with Crippen molar-refractivity contribution in [2.45, 2.75) is 13.3 Å². The van der Waals surface area contributed by atoms with Crippen molar-refractivity contribution in [1.82, 2.24) is 4.98 Å².